The van der Waals surface area contributed by atoms with Crippen molar-refractivity contribution in [3.05, 3.63) is 118 Å². The lowest BCUT2D eigenvalue weighted by Gasteiger charge is -2.36. The van der Waals surface area contributed by atoms with E-state index >= 15 is 0 Å². The summed E-state index contributed by atoms with van der Waals surface area (Å²) in [5, 5.41) is 3.14. The van der Waals surface area contributed by atoms with Gasteiger partial charge in [-0.05, 0) is 67.8 Å². The summed E-state index contributed by atoms with van der Waals surface area (Å²) in [6.07, 6.45) is 0.206. The second-order valence-corrected chi connectivity index (χ2v) is 14.5. The highest BCUT2D eigenvalue weighted by Crippen LogP contribution is 2.35. The molecule has 50 heavy (non-hydrogen) atoms. The molecule has 4 aromatic carbocycles. The maximum absolute atomic E-state index is 14.4. The van der Waals surface area contributed by atoms with Crippen molar-refractivity contribution in [2.75, 3.05) is 25.0 Å². The highest BCUT2D eigenvalue weighted by molar-refractivity contribution is 7.90. The van der Waals surface area contributed by atoms with Crippen molar-refractivity contribution >= 4 is 56.7 Å². The summed E-state index contributed by atoms with van der Waals surface area (Å²) in [5.74, 6) is -1.12. The number of nitrogens with zero attached hydrogens (tertiary/aromatic N) is 4. The molecule has 2 heterocycles. The van der Waals surface area contributed by atoms with E-state index in [4.69, 9.17) is 16.3 Å². The molecule has 0 spiro atoms. The summed E-state index contributed by atoms with van der Waals surface area (Å²) in [7, 11) is -4.30. The summed E-state index contributed by atoms with van der Waals surface area (Å²) >= 11 is 6.25. The van der Waals surface area contributed by atoms with Gasteiger partial charge in [0.15, 0.2) is 11.9 Å². The second kappa shape index (κ2) is 14.3. The van der Waals surface area contributed by atoms with Crippen molar-refractivity contribution in [2.45, 2.75) is 44.7 Å². The van der Waals surface area contributed by atoms with Gasteiger partial charge in [-0.25, -0.2) is 23.1 Å². The van der Waals surface area contributed by atoms with Crippen molar-refractivity contribution in [2.24, 2.45) is 4.99 Å². The molecule has 6 rings (SSSR count). The molecule has 0 saturated carbocycles. The van der Waals surface area contributed by atoms with Crippen LogP contribution in [-0.4, -0.2) is 71.9 Å². The van der Waals surface area contributed by atoms with E-state index in [1.54, 1.807) is 31.2 Å². The van der Waals surface area contributed by atoms with Crippen LogP contribution in [0.15, 0.2) is 101 Å². The van der Waals surface area contributed by atoms with E-state index in [1.807, 2.05) is 62.4 Å². The maximum Gasteiger partial charge on any atom is 0.328 e. The van der Waals surface area contributed by atoms with Crippen LogP contribution >= 0.6 is 11.6 Å². The van der Waals surface area contributed by atoms with Crippen LogP contribution in [-0.2, 0) is 26.2 Å². The van der Waals surface area contributed by atoms with Gasteiger partial charge in [-0.3, -0.25) is 13.9 Å². The molecule has 13 heteroatoms. The number of carbonyl (C=O) groups is 3. The fraction of sp³-hybridized carbons (Fsp3) is 0.243. The van der Waals surface area contributed by atoms with E-state index in [2.05, 4.69) is 10.3 Å². The monoisotopic (exact) mass is 713 g/mol. The molecule has 0 aliphatic carbocycles. The number of hydrogen-bond donors (Lipinski definition) is 1. The highest BCUT2D eigenvalue weighted by Gasteiger charge is 2.50. The molecule has 1 fully saturated rings. The first kappa shape index (κ1) is 34.7. The second-order valence-electron chi connectivity index (χ2n) is 12.2. The summed E-state index contributed by atoms with van der Waals surface area (Å²) in [6, 6.07) is 23.5. The Morgan fingerprint density at radius 3 is 2.44 bits per heavy atom. The number of amides is 4. The van der Waals surface area contributed by atoms with Gasteiger partial charge in [0.1, 0.15) is 17.2 Å². The standard InChI is InChI=1S/C37H36ClN5O6S/c1-24-14-17-31(26(3)20-24)49-19-9-18-42-35(39-29-12-7-8-13-32(29)50(42,47)48)34(36(45)40-30-21-28(38)16-15-25(30)2)43-33(44)23-41(37(43)46)22-27-10-5-4-6-11-27/h4-8,10-17,20-21,34H,9,18-19,22-23H2,1-3H3,(H,40,45). The zero-order valence-corrected chi connectivity index (χ0v) is 29.4. The third-order valence-corrected chi connectivity index (χ3v) is 10.6. The number of urea groups is 1. The van der Waals surface area contributed by atoms with E-state index in [1.165, 1.54) is 23.1 Å². The van der Waals surface area contributed by atoms with Crippen LogP contribution in [0.2, 0.25) is 5.02 Å². The molecule has 0 aromatic heterocycles. The average Bonchev–Trinajstić information content (AvgIpc) is 3.35. The van der Waals surface area contributed by atoms with E-state index in [0.29, 0.717) is 22.0 Å². The molecule has 0 bridgehead atoms. The lowest BCUT2D eigenvalue weighted by Crippen LogP contribution is -2.58. The zero-order chi connectivity index (χ0) is 35.6. The number of aliphatic imine (C=N–C) groups is 1. The predicted octanol–water partition coefficient (Wildman–Crippen LogP) is 6.24. The van der Waals surface area contributed by atoms with Gasteiger partial charge in [0.2, 0.25) is 0 Å². The summed E-state index contributed by atoms with van der Waals surface area (Å²) < 4.78 is 35.6. The summed E-state index contributed by atoms with van der Waals surface area (Å²) in [4.78, 5) is 49.0. The number of fused-ring (bicyclic) bond motifs is 1. The number of carbonyl (C=O) groups excluding carboxylic acids is 3. The van der Waals surface area contributed by atoms with E-state index in [0.717, 1.165) is 25.9 Å². The van der Waals surface area contributed by atoms with Crippen molar-refractivity contribution in [3.8, 4) is 5.75 Å². The SMILES string of the molecule is Cc1ccc(OCCCN2C(C(C(=O)Nc3cc(Cl)ccc3C)N3C(=O)CN(Cc4ccccc4)C3=O)=Nc3ccccc3S2(=O)=O)c(C)c1. The number of hydrogen-bond acceptors (Lipinski definition) is 7. The number of halogens is 1. The molecule has 2 aliphatic heterocycles. The number of amidine groups is 1. The predicted molar refractivity (Wildman–Crippen MR) is 191 cm³/mol. The first-order valence-electron chi connectivity index (χ1n) is 16.1. The Balaban J connectivity index is 1.39. The third kappa shape index (κ3) is 7.08. The minimum absolute atomic E-state index is 0.0614. The Kier molecular flexibility index (Phi) is 9.94. The van der Waals surface area contributed by atoms with Crippen LogP contribution in [0.4, 0.5) is 16.2 Å². The van der Waals surface area contributed by atoms with Gasteiger partial charge in [-0.15, -0.1) is 0 Å². The molecule has 1 saturated heterocycles. The molecular weight excluding hydrogens is 678 g/mol. The molecule has 0 radical (unpaired) electrons. The average molecular weight is 714 g/mol. The molecular formula is C37H36ClN5O6S. The van der Waals surface area contributed by atoms with Crippen LogP contribution in [0.3, 0.4) is 0 Å². The van der Waals surface area contributed by atoms with Gasteiger partial charge in [0.25, 0.3) is 21.8 Å². The van der Waals surface area contributed by atoms with Crippen LogP contribution in [0.25, 0.3) is 0 Å². The van der Waals surface area contributed by atoms with Crippen LogP contribution < -0.4 is 10.1 Å². The number of aryl methyl sites for hydroxylation is 3. The summed E-state index contributed by atoms with van der Waals surface area (Å²) in [5.41, 5.74) is 3.88. The first-order valence-corrected chi connectivity index (χ1v) is 17.9. The number of anilines is 1. The van der Waals surface area contributed by atoms with Gasteiger partial charge >= 0.3 is 6.03 Å². The van der Waals surface area contributed by atoms with Gasteiger partial charge in [-0.1, -0.05) is 77.8 Å². The lowest BCUT2D eigenvalue weighted by molar-refractivity contribution is -0.130. The minimum Gasteiger partial charge on any atom is -0.493 e. The zero-order valence-electron chi connectivity index (χ0n) is 27.8. The van der Waals surface area contributed by atoms with Crippen LogP contribution in [0.5, 0.6) is 5.75 Å². The van der Waals surface area contributed by atoms with Crippen molar-refractivity contribution in [1.82, 2.24) is 14.1 Å². The minimum atomic E-state index is -4.30. The number of nitrogens with one attached hydrogen (secondary N) is 1. The van der Waals surface area contributed by atoms with E-state index in [9.17, 15) is 22.8 Å². The smallest absolute Gasteiger partial charge is 0.328 e. The Hall–Kier alpha value is -5.20. The van der Waals surface area contributed by atoms with Crippen LogP contribution in [0.1, 0.15) is 28.7 Å². The maximum atomic E-state index is 14.4. The van der Waals surface area contributed by atoms with Gasteiger partial charge in [0.05, 0.1) is 12.3 Å². The van der Waals surface area contributed by atoms with Crippen molar-refractivity contribution < 1.29 is 27.5 Å². The largest absolute Gasteiger partial charge is 0.493 e. The fourth-order valence-corrected chi connectivity index (χ4v) is 7.79. The van der Waals surface area contributed by atoms with Crippen LogP contribution in [0, 0.1) is 20.8 Å². The number of sulfonamides is 1. The van der Waals surface area contributed by atoms with Gasteiger partial charge in [-0.2, -0.15) is 0 Å². The number of para-hydroxylation sites is 1. The van der Waals surface area contributed by atoms with E-state index in [-0.39, 0.29) is 49.1 Å². The Labute approximate surface area is 296 Å². The number of benzene rings is 4. The molecule has 4 amide bonds. The molecule has 1 atom stereocenters. The molecule has 4 aromatic rings. The van der Waals surface area contributed by atoms with Gasteiger partial charge < -0.3 is 15.0 Å². The molecule has 258 valence electrons. The highest BCUT2D eigenvalue weighted by atomic mass is 35.5. The van der Waals surface area contributed by atoms with Crippen molar-refractivity contribution in [1.29, 1.82) is 0 Å². The molecule has 2 aliphatic rings. The lowest BCUT2D eigenvalue weighted by atomic mass is 10.1. The first-order chi connectivity index (χ1) is 23.9. The normalized spacial score (nSPS) is 15.8. The quantitative estimate of drug-likeness (QED) is 0.145. The summed E-state index contributed by atoms with van der Waals surface area (Å²) in [6.45, 7) is 5.46. The number of ether oxygens (including phenoxy) is 1. The Morgan fingerprint density at radius 1 is 0.940 bits per heavy atom. The third-order valence-electron chi connectivity index (χ3n) is 8.51. The topological polar surface area (TPSA) is 129 Å². The van der Waals surface area contributed by atoms with E-state index < -0.39 is 33.9 Å². The Bertz CT molecular complexity index is 2110. The van der Waals surface area contributed by atoms with Gasteiger partial charge in [0, 0.05) is 30.2 Å². The Morgan fingerprint density at radius 2 is 1.68 bits per heavy atom. The number of imide groups is 1. The van der Waals surface area contributed by atoms with Crippen molar-refractivity contribution in [3.63, 3.8) is 0 Å². The molecule has 11 nitrogen and oxygen atoms in total. The fourth-order valence-electron chi connectivity index (χ4n) is 6.00. The number of rotatable bonds is 11. The molecule has 1 N–H and O–H groups in total. The molecule has 1 unspecified atom stereocenters.